The molecule has 1 saturated heterocycles. The Morgan fingerprint density at radius 2 is 1.91 bits per heavy atom. The van der Waals surface area contributed by atoms with E-state index in [1.54, 1.807) is 18.2 Å². The van der Waals surface area contributed by atoms with Gasteiger partial charge in [0.25, 0.3) is 0 Å². The van der Waals surface area contributed by atoms with Crippen LogP contribution in [0.1, 0.15) is 51.1 Å². The van der Waals surface area contributed by atoms with Crippen LogP contribution in [0, 0.1) is 11.3 Å². The fourth-order valence-corrected chi connectivity index (χ4v) is 2.53. The second-order valence-corrected chi connectivity index (χ2v) is 6.75. The molecule has 1 heterocycles. The van der Waals surface area contributed by atoms with Crippen molar-refractivity contribution in [2.75, 3.05) is 7.11 Å². The Morgan fingerprint density at radius 3 is 2.43 bits per heavy atom. The highest BCUT2D eigenvalue weighted by Crippen LogP contribution is 2.41. The zero-order valence-corrected chi connectivity index (χ0v) is 14.3. The third kappa shape index (κ3) is 3.57. The molecule has 1 aliphatic rings. The molecular weight excluding hydrogens is 293 g/mol. The normalized spacial score (nSPS) is 19.9. The molecular formula is C17H22BNO4. The summed E-state index contributed by atoms with van der Waals surface area (Å²) < 4.78 is 17.0. The number of carbonyl (C=O) groups excluding carboxylic acids is 1. The Hall–Kier alpha value is -1.84. The Bertz CT molecular complexity index is 620. The van der Waals surface area contributed by atoms with E-state index in [9.17, 15) is 4.79 Å². The van der Waals surface area contributed by atoms with Gasteiger partial charge in [-0.2, -0.15) is 5.26 Å². The van der Waals surface area contributed by atoms with E-state index in [0.29, 0.717) is 5.56 Å². The third-order valence-electron chi connectivity index (χ3n) is 4.66. The lowest BCUT2D eigenvalue weighted by atomic mass is 9.66. The number of nitrogens with zero attached hydrogens (tertiary/aromatic N) is 1. The molecule has 1 unspecified atom stereocenters. The molecule has 1 aromatic carbocycles. The lowest BCUT2D eigenvalue weighted by molar-refractivity contribution is -0.140. The van der Waals surface area contributed by atoms with Crippen molar-refractivity contribution in [2.45, 2.75) is 51.1 Å². The quantitative estimate of drug-likeness (QED) is 0.631. The van der Waals surface area contributed by atoms with E-state index in [1.165, 1.54) is 7.11 Å². The highest BCUT2D eigenvalue weighted by atomic mass is 16.7. The number of benzene rings is 1. The van der Waals surface area contributed by atoms with Gasteiger partial charge in [0.1, 0.15) is 0 Å². The van der Waals surface area contributed by atoms with Crippen LogP contribution < -0.4 is 0 Å². The van der Waals surface area contributed by atoms with E-state index in [-0.39, 0.29) is 18.2 Å². The topological polar surface area (TPSA) is 68.6 Å². The van der Waals surface area contributed by atoms with Crippen molar-refractivity contribution in [2.24, 2.45) is 0 Å². The lowest BCUT2D eigenvalue weighted by Crippen LogP contribution is -2.41. The first-order valence-electron chi connectivity index (χ1n) is 7.62. The van der Waals surface area contributed by atoms with Crippen molar-refractivity contribution in [1.29, 1.82) is 5.26 Å². The molecule has 1 atom stereocenters. The van der Waals surface area contributed by atoms with Gasteiger partial charge in [-0.05, 0) is 45.4 Å². The average molecular weight is 315 g/mol. The van der Waals surface area contributed by atoms with E-state index >= 15 is 0 Å². The van der Waals surface area contributed by atoms with Gasteiger partial charge in [-0.1, -0.05) is 12.1 Å². The zero-order chi connectivity index (χ0) is 17.3. The molecule has 0 amide bonds. The molecule has 0 aromatic heterocycles. The lowest BCUT2D eigenvalue weighted by Gasteiger charge is -2.32. The maximum atomic E-state index is 11.8. The molecule has 1 aliphatic heterocycles. The second kappa shape index (κ2) is 6.35. The van der Waals surface area contributed by atoms with Gasteiger partial charge in [-0.15, -0.1) is 0 Å². The zero-order valence-electron chi connectivity index (χ0n) is 14.3. The minimum absolute atomic E-state index is 0.127. The van der Waals surface area contributed by atoms with Crippen LogP contribution in [0.25, 0.3) is 0 Å². The number of ether oxygens (including phenoxy) is 1. The predicted molar refractivity (Wildman–Crippen MR) is 86.6 cm³/mol. The van der Waals surface area contributed by atoms with Crippen LogP contribution in [-0.4, -0.2) is 31.4 Å². The standard InChI is InChI=1S/C17H22BNO4/c1-16(2)17(3,4)23-18(22-16)14(10-15(20)21-5)13-8-6-7-12(9-13)11-19/h6-9,14H,10H2,1-5H3. The summed E-state index contributed by atoms with van der Waals surface area (Å²) in [4.78, 5) is 11.8. The molecule has 0 aliphatic carbocycles. The maximum Gasteiger partial charge on any atom is 0.466 e. The third-order valence-corrected chi connectivity index (χ3v) is 4.66. The Kier molecular flexibility index (Phi) is 4.83. The van der Waals surface area contributed by atoms with Gasteiger partial charge >= 0.3 is 13.1 Å². The number of carbonyl (C=O) groups is 1. The minimum atomic E-state index is -0.576. The summed E-state index contributed by atoms with van der Waals surface area (Å²) in [5.41, 5.74) is 0.388. The average Bonchev–Trinajstić information content (AvgIpc) is 2.72. The van der Waals surface area contributed by atoms with E-state index in [2.05, 4.69) is 6.07 Å². The molecule has 0 radical (unpaired) electrons. The fourth-order valence-electron chi connectivity index (χ4n) is 2.53. The maximum absolute atomic E-state index is 11.8. The van der Waals surface area contributed by atoms with Gasteiger partial charge in [-0.3, -0.25) is 4.79 Å². The second-order valence-electron chi connectivity index (χ2n) is 6.75. The van der Waals surface area contributed by atoms with Gasteiger partial charge in [0, 0.05) is 5.82 Å². The SMILES string of the molecule is COC(=O)CC(B1OC(C)(C)C(C)(C)O1)c1cccc(C#N)c1. The summed E-state index contributed by atoms with van der Waals surface area (Å²) in [5.74, 6) is -0.677. The molecule has 2 rings (SSSR count). The molecule has 122 valence electrons. The fraction of sp³-hybridized carbons (Fsp3) is 0.529. The van der Waals surface area contributed by atoms with E-state index in [1.807, 2.05) is 33.8 Å². The molecule has 5 nitrogen and oxygen atoms in total. The Labute approximate surface area is 137 Å². The number of nitriles is 1. The Morgan fingerprint density at radius 1 is 1.30 bits per heavy atom. The summed E-state index contributed by atoms with van der Waals surface area (Å²) in [6.07, 6.45) is 0.127. The molecule has 1 aromatic rings. The minimum Gasteiger partial charge on any atom is -0.469 e. The van der Waals surface area contributed by atoms with Gasteiger partial charge in [0.05, 0.1) is 36.4 Å². The van der Waals surface area contributed by atoms with Gasteiger partial charge in [0.2, 0.25) is 0 Å². The number of hydrogen-bond acceptors (Lipinski definition) is 5. The smallest absolute Gasteiger partial charge is 0.466 e. The summed E-state index contributed by atoms with van der Waals surface area (Å²) in [5, 5.41) is 9.10. The van der Waals surface area contributed by atoms with E-state index in [4.69, 9.17) is 19.3 Å². The Balaban J connectivity index is 2.36. The molecule has 0 bridgehead atoms. The molecule has 0 N–H and O–H groups in total. The van der Waals surface area contributed by atoms with Crippen LogP contribution in [0.4, 0.5) is 0 Å². The largest absolute Gasteiger partial charge is 0.469 e. The highest BCUT2D eigenvalue weighted by Gasteiger charge is 2.54. The van der Waals surface area contributed by atoms with Crippen molar-refractivity contribution in [3.63, 3.8) is 0 Å². The number of rotatable bonds is 4. The van der Waals surface area contributed by atoms with Crippen LogP contribution in [0.15, 0.2) is 24.3 Å². The van der Waals surface area contributed by atoms with Crippen molar-refractivity contribution in [1.82, 2.24) is 0 Å². The molecule has 0 saturated carbocycles. The van der Waals surface area contributed by atoms with Gasteiger partial charge in [-0.25, -0.2) is 0 Å². The molecule has 0 spiro atoms. The first kappa shape index (κ1) is 17.5. The number of hydrogen-bond donors (Lipinski definition) is 0. The first-order chi connectivity index (χ1) is 10.7. The predicted octanol–water partition coefficient (Wildman–Crippen LogP) is 2.84. The molecule has 23 heavy (non-hydrogen) atoms. The van der Waals surface area contributed by atoms with E-state index in [0.717, 1.165) is 5.56 Å². The van der Waals surface area contributed by atoms with E-state index < -0.39 is 18.3 Å². The van der Waals surface area contributed by atoms with Gasteiger partial charge in [0.15, 0.2) is 0 Å². The van der Waals surface area contributed by atoms with Crippen LogP contribution in [-0.2, 0) is 18.8 Å². The van der Waals surface area contributed by atoms with Crippen molar-refractivity contribution in [3.8, 4) is 6.07 Å². The summed E-state index contributed by atoms with van der Waals surface area (Å²) in [6, 6.07) is 9.27. The monoisotopic (exact) mass is 315 g/mol. The van der Waals surface area contributed by atoms with Crippen LogP contribution in [0.3, 0.4) is 0 Å². The van der Waals surface area contributed by atoms with Gasteiger partial charge < -0.3 is 14.0 Å². The van der Waals surface area contributed by atoms with Crippen molar-refractivity contribution in [3.05, 3.63) is 35.4 Å². The summed E-state index contributed by atoms with van der Waals surface area (Å²) in [6.45, 7) is 7.86. The first-order valence-corrected chi connectivity index (χ1v) is 7.62. The number of methoxy groups -OCH3 is 1. The summed E-state index contributed by atoms with van der Waals surface area (Å²) in [7, 11) is 0.781. The number of esters is 1. The van der Waals surface area contributed by atoms with Crippen LogP contribution in [0.2, 0.25) is 0 Å². The molecule has 1 fully saturated rings. The van der Waals surface area contributed by atoms with Crippen molar-refractivity contribution < 1.29 is 18.8 Å². The molecule has 6 heteroatoms. The highest BCUT2D eigenvalue weighted by molar-refractivity contribution is 6.48. The van der Waals surface area contributed by atoms with Crippen LogP contribution in [0.5, 0.6) is 0 Å². The van der Waals surface area contributed by atoms with Crippen LogP contribution >= 0.6 is 0 Å². The summed E-state index contributed by atoms with van der Waals surface area (Å²) >= 11 is 0. The van der Waals surface area contributed by atoms with Crippen molar-refractivity contribution >= 4 is 13.1 Å².